The van der Waals surface area contributed by atoms with Crippen LogP contribution in [0.25, 0.3) is 0 Å². The lowest BCUT2D eigenvalue weighted by molar-refractivity contribution is 0.576. The van der Waals surface area contributed by atoms with E-state index in [1.165, 1.54) is 18.2 Å². The lowest BCUT2D eigenvalue weighted by Gasteiger charge is -2.08. The Labute approximate surface area is 129 Å². The number of rotatable bonds is 8. The lowest BCUT2D eigenvalue weighted by atomic mass is 10.2. The molecule has 1 rings (SSSR count). The van der Waals surface area contributed by atoms with Crippen molar-refractivity contribution in [1.29, 1.82) is 5.26 Å². The Morgan fingerprint density at radius 3 is 2.70 bits per heavy atom. The summed E-state index contributed by atoms with van der Waals surface area (Å²) in [6.45, 7) is 0.396. The van der Waals surface area contributed by atoms with Crippen molar-refractivity contribution in [2.45, 2.75) is 24.2 Å². The zero-order valence-electron chi connectivity index (χ0n) is 11.2. The van der Waals surface area contributed by atoms with Gasteiger partial charge in [0.2, 0.25) is 10.0 Å². The first kappa shape index (κ1) is 17.3. The van der Waals surface area contributed by atoms with Gasteiger partial charge in [0.05, 0.1) is 16.7 Å². The first-order valence-electron chi connectivity index (χ1n) is 6.19. The van der Waals surface area contributed by atoms with Crippen molar-refractivity contribution in [2.75, 3.05) is 18.6 Å². The van der Waals surface area contributed by atoms with Crippen molar-refractivity contribution in [3.05, 3.63) is 28.8 Å². The first-order valence-corrected chi connectivity index (χ1v) is 9.45. The molecule has 1 aromatic rings. The van der Waals surface area contributed by atoms with Crippen molar-refractivity contribution >= 4 is 33.4 Å². The quantitative estimate of drug-likeness (QED) is 0.743. The molecule has 0 saturated carbocycles. The summed E-state index contributed by atoms with van der Waals surface area (Å²) >= 11 is 7.69. The van der Waals surface area contributed by atoms with Gasteiger partial charge in [-0.15, -0.1) is 0 Å². The Kier molecular flexibility index (Phi) is 7.38. The smallest absolute Gasteiger partial charge is 0.211 e. The molecule has 0 fully saturated rings. The zero-order valence-corrected chi connectivity index (χ0v) is 13.6. The van der Waals surface area contributed by atoms with Crippen LogP contribution in [0.1, 0.15) is 24.8 Å². The number of halogens is 1. The molecule has 0 amide bonds. The molecule has 20 heavy (non-hydrogen) atoms. The molecule has 0 aliphatic heterocycles. The second-order valence-electron chi connectivity index (χ2n) is 4.21. The molecular formula is C13H17ClN2O2S2. The van der Waals surface area contributed by atoms with Gasteiger partial charge >= 0.3 is 0 Å². The number of thioether (sulfide) groups is 1. The topological polar surface area (TPSA) is 70.0 Å². The Morgan fingerprint density at radius 2 is 2.10 bits per heavy atom. The molecule has 0 unspecified atom stereocenters. The van der Waals surface area contributed by atoms with E-state index in [9.17, 15) is 8.42 Å². The highest BCUT2D eigenvalue weighted by atomic mass is 35.5. The summed E-state index contributed by atoms with van der Waals surface area (Å²) in [5.74, 6) is 1.09. The predicted octanol–water partition coefficient (Wildman–Crippen LogP) is 3.02. The van der Waals surface area contributed by atoms with Crippen LogP contribution in [-0.4, -0.2) is 27.0 Å². The van der Waals surface area contributed by atoms with Crippen molar-refractivity contribution in [3.63, 3.8) is 0 Å². The molecule has 0 aliphatic rings. The summed E-state index contributed by atoms with van der Waals surface area (Å²) in [6.07, 6.45) is 4.92. The van der Waals surface area contributed by atoms with E-state index in [1.54, 1.807) is 11.8 Å². The van der Waals surface area contributed by atoms with Crippen LogP contribution in [0.15, 0.2) is 23.1 Å². The van der Waals surface area contributed by atoms with Gasteiger partial charge in [0.25, 0.3) is 0 Å². The van der Waals surface area contributed by atoms with E-state index >= 15 is 0 Å². The molecule has 0 saturated heterocycles. The molecule has 110 valence electrons. The van der Waals surface area contributed by atoms with Gasteiger partial charge in [0.1, 0.15) is 4.90 Å². The van der Waals surface area contributed by atoms with Crippen molar-refractivity contribution < 1.29 is 8.42 Å². The minimum Gasteiger partial charge on any atom is -0.211 e. The summed E-state index contributed by atoms with van der Waals surface area (Å²) in [7, 11) is -3.61. The average molecular weight is 333 g/mol. The molecule has 7 heteroatoms. The third-order valence-electron chi connectivity index (χ3n) is 2.67. The van der Waals surface area contributed by atoms with Crippen LogP contribution >= 0.6 is 23.4 Å². The van der Waals surface area contributed by atoms with E-state index in [-0.39, 0.29) is 9.92 Å². The number of benzene rings is 1. The lowest BCUT2D eigenvalue weighted by Crippen LogP contribution is -2.25. The van der Waals surface area contributed by atoms with E-state index in [0.717, 1.165) is 25.0 Å². The van der Waals surface area contributed by atoms with Crippen LogP contribution in [-0.2, 0) is 10.0 Å². The third-order valence-corrected chi connectivity index (χ3v) is 5.31. The van der Waals surface area contributed by atoms with Gasteiger partial charge in [0, 0.05) is 6.54 Å². The minimum atomic E-state index is -3.61. The molecule has 4 nitrogen and oxygen atoms in total. The molecule has 1 N–H and O–H groups in total. The van der Waals surface area contributed by atoms with Gasteiger partial charge in [-0.3, -0.25) is 0 Å². The minimum absolute atomic E-state index is 0.0160. The molecule has 0 aromatic heterocycles. The summed E-state index contributed by atoms with van der Waals surface area (Å²) in [5, 5.41) is 8.79. The highest BCUT2D eigenvalue weighted by Gasteiger charge is 2.17. The van der Waals surface area contributed by atoms with E-state index in [4.69, 9.17) is 16.9 Å². The Hall–Kier alpha value is -0.740. The first-order chi connectivity index (χ1) is 9.51. The fraction of sp³-hybridized carbons (Fsp3) is 0.462. The van der Waals surface area contributed by atoms with E-state index < -0.39 is 10.0 Å². The molecule has 0 radical (unpaired) electrons. The predicted molar refractivity (Wildman–Crippen MR) is 83.6 cm³/mol. The van der Waals surface area contributed by atoms with Crippen LogP contribution in [0, 0.1) is 11.3 Å². The van der Waals surface area contributed by atoms with Crippen LogP contribution < -0.4 is 4.72 Å². The maximum Gasteiger partial charge on any atom is 0.242 e. The highest BCUT2D eigenvalue weighted by Crippen LogP contribution is 2.22. The summed E-state index contributed by atoms with van der Waals surface area (Å²) in [6, 6.07) is 6.07. The molecule has 0 spiro atoms. The van der Waals surface area contributed by atoms with Gasteiger partial charge in [-0.2, -0.15) is 17.0 Å². The van der Waals surface area contributed by atoms with Gasteiger partial charge < -0.3 is 0 Å². The number of hydrogen-bond donors (Lipinski definition) is 1. The standard InChI is InChI=1S/C13H17ClN2O2S2/c1-19-8-4-2-3-7-16-20(17,18)13-6-5-11(10-15)9-12(13)14/h5-6,9,16H,2-4,7-8H2,1H3. The van der Waals surface area contributed by atoms with Crippen LogP contribution in [0.4, 0.5) is 0 Å². The molecule has 0 aliphatic carbocycles. The Bertz CT molecular complexity index is 583. The number of nitriles is 1. The fourth-order valence-corrected chi connectivity index (χ4v) is 3.73. The second-order valence-corrected chi connectivity index (χ2v) is 7.34. The van der Waals surface area contributed by atoms with Gasteiger partial charge in [-0.1, -0.05) is 18.0 Å². The van der Waals surface area contributed by atoms with Gasteiger partial charge in [0.15, 0.2) is 0 Å². The van der Waals surface area contributed by atoms with Crippen LogP contribution in [0.3, 0.4) is 0 Å². The normalized spacial score (nSPS) is 11.2. The Morgan fingerprint density at radius 1 is 1.35 bits per heavy atom. The SMILES string of the molecule is CSCCCCCNS(=O)(=O)c1ccc(C#N)cc1Cl. The molecule has 1 aromatic carbocycles. The zero-order chi connectivity index (χ0) is 15.0. The summed E-state index contributed by atoms with van der Waals surface area (Å²) < 4.78 is 26.6. The summed E-state index contributed by atoms with van der Waals surface area (Å²) in [5.41, 5.74) is 0.339. The largest absolute Gasteiger partial charge is 0.242 e. The van der Waals surface area contributed by atoms with E-state index in [0.29, 0.717) is 12.1 Å². The van der Waals surface area contributed by atoms with Crippen molar-refractivity contribution in [2.24, 2.45) is 0 Å². The summed E-state index contributed by atoms with van der Waals surface area (Å²) in [4.78, 5) is 0.0160. The van der Waals surface area contributed by atoms with Crippen molar-refractivity contribution in [1.82, 2.24) is 4.72 Å². The average Bonchev–Trinajstić information content (AvgIpc) is 2.42. The number of hydrogen-bond acceptors (Lipinski definition) is 4. The number of sulfonamides is 1. The maximum absolute atomic E-state index is 12.1. The third kappa shape index (κ3) is 5.33. The number of nitrogens with zero attached hydrogens (tertiary/aromatic N) is 1. The number of unbranched alkanes of at least 4 members (excludes halogenated alkanes) is 2. The molecular weight excluding hydrogens is 316 g/mol. The molecule has 0 heterocycles. The highest BCUT2D eigenvalue weighted by molar-refractivity contribution is 7.98. The maximum atomic E-state index is 12.1. The van der Waals surface area contributed by atoms with Gasteiger partial charge in [-0.25, -0.2) is 13.1 Å². The molecule has 0 bridgehead atoms. The Balaban J connectivity index is 2.59. The van der Waals surface area contributed by atoms with Crippen LogP contribution in [0.2, 0.25) is 5.02 Å². The van der Waals surface area contributed by atoms with E-state index in [1.807, 2.05) is 6.07 Å². The fourth-order valence-electron chi connectivity index (χ4n) is 1.62. The monoisotopic (exact) mass is 332 g/mol. The second kappa shape index (κ2) is 8.53. The van der Waals surface area contributed by atoms with Crippen molar-refractivity contribution in [3.8, 4) is 6.07 Å². The molecule has 0 atom stereocenters. The van der Waals surface area contributed by atoms with Gasteiger partial charge in [-0.05, 0) is 43.0 Å². The van der Waals surface area contributed by atoms with Crippen LogP contribution in [0.5, 0.6) is 0 Å². The van der Waals surface area contributed by atoms with E-state index in [2.05, 4.69) is 11.0 Å². The number of nitrogens with one attached hydrogen (secondary N) is 1.